The molecule has 0 aromatic heterocycles. The van der Waals surface area contributed by atoms with Gasteiger partial charge in [-0.15, -0.1) is 11.8 Å². The molecule has 1 aliphatic heterocycles. The van der Waals surface area contributed by atoms with Crippen molar-refractivity contribution in [1.82, 2.24) is 4.90 Å². The summed E-state index contributed by atoms with van der Waals surface area (Å²) in [6, 6.07) is 0. The molecule has 0 aliphatic carbocycles. The summed E-state index contributed by atoms with van der Waals surface area (Å²) < 4.78 is 0. The van der Waals surface area contributed by atoms with Crippen LogP contribution in [0.25, 0.3) is 0 Å². The summed E-state index contributed by atoms with van der Waals surface area (Å²) in [7, 11) is 0. The van der Waals surface area contributed by atoms with E-state index in [9.17, 15) is 0 Å². The molecule has 2 heteroatoms. The van der Waals surface area contributed by atoms with Crippen molar-refractivity contribution < 1.29 is 0 Å². The van der Waals surface area contributed by atoms with Crippen molar-refractivity contribution in [3.63, 3.8) is 0 Å². The highest BCUT2D eigenvalue weighted by atomic mass is 32.2. The fraction of sp³-hybridized carbons (Fsp3) is 0.529. The van der Waals surface area contributed by atoms with Crippen LogP contribution >= 0.6 is 11.8 Å². The lowest BCUT2D eigenvalue weighted by Gasteiger charge is -2.22. The van der Waals surface area contributed by atoms with E-state index < -0.39 is 0 Å². The van der Waals surface area contributed by atoms with Crippen molar-refractivity contribution in [2.45, 2.75) is 39.5 Å². The Kier molecular flexibility index (Phi) is 6.50. The summed E-state index contributed by atoms with van der Waals surface area (Å²) in [4.78, 5) is 3.51. The van der Waals surface area contributed by atoms with Crippen LogP contribution in [0.15, 0.2) is 48.2 Å². The quantitative estimate of drug-likeness (QED) is 0.550. The lowest BCUT2D eigenvalue weighted by atomic mass is 10.1. The molecule has 0 aromatic rings. The van der Waals surface area contributed by atoms with E-state index in [1.54, 1.807) is 0 Å². The SMILES string of the molecule is C=C(CCSC(=C)CC(C)C)CN1C(=C)CCC1=C. The number of allylic oxidation sites excluding steroid dienone is 3. The summed E-state index contributed by atoms with van der Waals surface area (Å²) in [6.45, 7) is 21.8. The van der Waals surface area contributed by atoms with E-state index in [4.69, 9.17) is 0 Å². The van der Waals surface area contributed by atoms with Crippen molar-refractivity contribution in [2.75, 3.05) is 12.3 Å². The maximum atomic E-state index is 4.18. The predicted octanol–water partition coefficient (Wildman–Crippen LogP) is 5.35. The molecule has 0 aromatic carbocycles. The van der Waals surface area contributed by atoms with E-state index >= 15 is 0 Å². The lowest BCUT2D eigenvalue weighted by molar-refractivity contribution is 0.494. The van der Waals surface area contributed by atoms with Gasteiger partial charge in [0, 0.05) is 23.7 Å². The summed E-state index contributed by atoms with van der Waals surface area (Å²) in [5.74, 6) is 1.77. The van der Waals surface area contributed by atoms with Gasteiger partial charge >= 0.3 is 0 Å². The first-order chi connectivity index (χ1) is 8.90. The fourth-order valence-electron chi connectivity index (χ4n) is 2.16. The first-order valence-corrected chi connectivity index (χ1v) is 7.99. The average Bonchev–Trinajstić information content (AvgIpc) is 2.59. The second-order valence-corrected chi connectivity index (χ2v) is 6.98. The molecule has 1 heterocycles. The standard InChI is InChI=1S/C17H27NS/c1-13(2)11-17(6)19-10-9-14(3)12-18-15(4)7-8-16(18)5/h13H,3-12H2,1-2H3. The maximum absolute atomic E-state index is 4.18. The van der Waals surface area contributed by atoms with Crippen LogP contribution in [-0.2, 0) is 0 Å². The zero-order valence-corrected chi connectivity index (χ0v) is 13.3. The van der Waals surface area contributed by atoms with Crippen molar-refractivity contribution in [3.8, 4) is 0 Å². The summed E-state index contributed by atoms with van der Waals surface area (Å²) in [5.41, 5.74) is 3.63. The van der Waals surface area contributed by atoms with Gasteiger partial charge in [-0.25, -0.2) is 0 Å². The predicted molar refractivity (Wildman–Crippen MR) is 89.0 cm³/mol. The third kappa shape index (κ3) is 5.73. The number of nitrogens with zero attached hydrogens (tertiary/aromatic N) is 1. The van der Waals surface area contributed by atoms with Crippen molar-refractivity contribution in [2.24, 2.45) is 5.92 Å². The summed E-state index contributed by atoms with van der Waals surface area (Å²) >= 11 is 1.87. The van der Waals surface area contributed by atoms with Gasteiger partial charge < -0.3 is 4.90 Å². The second-order valence-electron chi connectivity index (χ2n) is 5.70. The van der Waals surface area contributed by atoms with E-state index in [2.05, 4.69) is 45.1 Å². The molecular weight excluding hydrogens is 250 g/mol. The molecule has 0 spiro atoms. The van der Waals surface area contributed by atoms with Gasteiger partial charge in [0.05, 0.1) is 0 Å². The number of likely N-dealkylation sites (tertiary alicyclic amines) is 1. The molecule has 0 amide bonds. The highest BCUT2D eigenvalue weighted by molar-refractivity contribution is 8.03. The first kappa shape index (κ1) is 16.2. The Morgan fingerprint density at radius 1 is 1.21 bits per heavy atom. The summed E-state index contributed by atoms with van der Waals surface area (Å²) in [6.07, 6.45) is 4.24. The molecule has 0 unspecified atom stereocenters. The Morgan fingerprint density at radius 3 is 2.32 bits per heavy atom. The highest BCUT2D eigenvalue weighted by Crippen LogP contribution is 2.29. The number of hydrogen-bond donors (Lipinski definition) is 0. The molecular formula is C17H27NS. The lowest BCUT2D eigenvalue weighted by Crippen LogP contribution is -2.18. The molecule has 0 saturated carbocycles. The Balaban J connectivity index is 2.23. The molecule has 19 heavy (non-hydrogen) atoms. The van der Waals surface area contributed by atoms with E-state index in [1.807, 2.05) is 11.8 Å². The van der Waals surface area contributed by atoms with Crippen LogP contribution in [-0.4, -0.2) is 17.2 Å². The number of rotatable bonds is 8. The molecule has 0 N–H and O–H groups in total. The van der Waals surface area contributed by atoms with E-state index in [1.165, 1.54) is 21.9 Å². The van der Waals surface area contributed by atoms with Crippen LogP contribution in [0.5, 0.6) is 0 Å². The van der Waals surface area contributed by atoms with Crippen LogP contribution in [0.1, 0.15) is 39.5 Å². The normalized spacial score (nSPS) is 15.4. The summed E-state index contributed by atoms with van der Waals surface area (Å²) in [5, 5.41) is 0. The minimum absolute atomic E-state index is 0.694. The Morgan fingerprint density at radius 2 is 1.79 bits per heavy atom. The van der Waals surface area contributed by atoms with Crippen LogP contribution in [0.2, 0.25) is 0 Å². The molecule has 0 bridgehead atoms. The minimum Gasteiger partial charge on any atom is -0.346 e. The fourth-order valence-corrected chi connectivity index (χ4v) is 3.29. The van der Waals surface area contributed by atoms with Crippen molar-refractivity contribution >= 4 is 11.8 Å². The zero-order valence-electron chi connectivity index (χ0n) is 12.5. The second kappa shape index (κ2) is 7.64. The minimum atomic E-state index is 0.694. The van der Waals surface area contributed by atoms with Crippen molar-refractivity contribution in [1.29, 1.82) is 0 Å². The van der Waals surface area contributed by atoms with Crippen LogP contribution in [0, 0.1) is 5.92 Å². The average molecular weight is 277 g/mol. The Bertz CT molecular complexity index is 363. The number of hydrogen-bond acceptors (Lipinski definition) is 2. The maximum Gasteiger partial charge on any atom is 0.0432 e. The Labute approximate surface area is 123 Å². The highest BCUT2D eigenvalue weighted by Gasteiger charge is 2.19. The molecule has 1 nitrogen and oxygen atoms in total. The smallest absolute Gasteiger partial charge is 0.0432 e. The number of thioether (sulfide) groups is 1. The van der Waals surface area contributed by atoms with Crippen LogP contribution < -0.4 is 0 Å². The molecule has 106 valence electrons. The molecule has 0 atom stereocenters. The van der Waals surface area contributed by atoms with Crippen LogP contribution in [0.4, 0.5) is 0 Å². The Hall–Kier alpha value is -0.890. The van der Waals surface area contributed by atoms with E-state index in [-0.39, 0.29) is 0 Å². The molecule has 1 aliphatic rings. The van der Waals surface area contributed by atoms with Gasteiger partial charge in [0.25, 0.3) is 0 Å². The third-order valence-electron chi connectivity index (χ3n) is 3.25. The van der Waals surface area contributed by atoms with Crippen molar-refractivity contribution in [3.05, 3.63) is 48.2 Å². The van der Waals surface area contributed by atoms with E-state index in [0.29, 0.717) is 5.92 Å². The van der Waals surface area contributed by atoms with Gasteiger partial charge in [-0.3, -0.25) is 0 Å². The van der Waals surface area contributed by atoms with Gasteiger partial charge in [0.15, 0.2) is 0 Å². The molecule has 1 fully saturated rings. The van der Waals surface area contributed by atoms with Gasteiger partial charge in [0.2, 0.25) is 0 Å². The largest absolute Gasteiger partial charge is 0.346 e. The molecule has 1 saturated heterocycles. The van der Waals surface area contributed by atoms with E-state index in [0.717, 1.165) is 38.0 Å². The third-order valence-corrected chi connectivity index (χ3v) is 4.23. The monoisotopic (exact) mass is 277 g/mol. The van der Waals surface area contributed by atoms with Crippen LogP contribution in [0.3, 0.4) is 0 Å². The van der Waals surface area contributed by atoms with Gasteiger partial charge in [-0.05, 0) is 36.5 Å². The first-order valence-electron chi connectivity index (χ1n) is 7.00. The topological polar surface area (TPSA) is 3.24 Å². The molecule has 1 rings (SSSR count). The van der Waals surface area contributed by atoms with Gasteiger partial charge in [0.1, 0.15) is 0 Å². The van der Waals surface area contributed by atoms with Gasteiger partial charge in [-0.1, -0.05) is 45.7 Å². The van der Waals surface area contributed by atoms with Gasteiger partial charge in [-0.2, -0.15) is 0 Å². The zero-order chi connectivity index (χ0) is 14.4. The molecule has 0 radical (unpaired) electrons.